The molecule has 1 aromatic carbocycles. The van der Waals surface area contributed by atoms with Crippen molar-refractivity contribution >= 4 is 12.6 Å². The molecule has 0 amide bonds. The quantitative estimate of drug-likeness (QED) is 0.724. The van der Waals surface area contributed by atoms with Crippen molar-refractivity contribution in [1.29, 1.82) is 0 Å². The minimum Gasteiger partial charge on any atom is -0.490 e. The average Bonchev–Trinajstić information content (AvgIpc) is 3.13. The fourth-order valence-corrected chi connectivity index (χ4v) is 4.82. The van der Waals surface area contributed by atoms with Gasteiger partial charge in [0.2, 0.25) is 0 Å². The van der Waals surface area contributed by atoms with Crippen LogP contribution < -0.4 is 10.2 Å². The van der Waals surface area contributed by atoms with Crippen LogP contribution in [0.3, 0.4) is 0 Å². The van der Waals surface area contributed by atoms with E-state index in [0.717, 1.165) is 11.2 Å². The smallest absolute Gasteiger partial charge is 0.490 e. The number of hydrogen-bond donors (Lipinski definition) is 0. The van der Waals surface area contributed by atoms with E-state index in [9.17, 15) is 0 Å². The fourth-order valence-electron chi connectivity index (χ4n) is 4.82. The molecule has 4 heteroatoms. The lowest BCUT2D eigenvalue weighted by Gasteiger charge is -2.37. The minimum atomic E-state index is -0.300. The van der Waals surface area contributed by atoms with Gasteiger partial charge in [-0.2, -0.15) is 0 Å². The van der Waals surface area contributed by atoms with Crippen LogP contribution in [0.2, 0.25) is 0 Å². The standard InChI is InChI=1S/C22H33BO3/c1-20(2)21(3,4)26-23(25-20)17-7-9-18(10-8-17)24-19-11-15-22(16-12-19)13-5-6-14-22/h7-10,19H,5-6,11-16H2,1-4H3. The highest BCUT2D eigenvalue weighted by atomic mass is 16.7. The molecular weight excluding hydrogens is 323 g/mol. The first-order chi connectivity index (χ1) is 12.3. The van der Waals surface area contributed by atoms with Crippen LogP contribution in [0, 0.1) is 5.41 Å². The second kappa shape index (κ2) is 6.56. The van der Waals surface area contributed by atoms with Crippen LogP contribution in [-0.2, 0) is 9.31 Å². The lowest BCUT2D eigenvalue weighted by Crippen LogP contribution is -2.41. The van der Waals surface area contributed by atoms with Crippen LogP contribution in [-0.4, -0.2) is 24.4 Å². The van der Waals surface area contributed by atoms with Crippen LogP contribution in [0.25, 0.3) is 0 Å². The average molecular weight is 356 g/mol. The monoisotopic (exact) mass is 356 g/mol. The molecule has 0 unspecified atom stereocenters. The van der Waals surface area contributed by atoms with E-state index in [1.165, 1.54) is 51.4 Å². The summed E-state index contributed by atoms with van der Waals surface area (Å²) in [6, 6.07) is 8.30. The van der Waals surface area contributed by atoms with E-state index in [1.54, 1.807) is 0 Å². The molecule has 26 heavy (non-hydrogen) atoms. The van der Waals surface area contributed by atoms with Gasteiger partial charge in [0.1, 0.15) is 5.75 Å². The van der Waals surface area contributed by atoms with Gasteiger partial charge in [-0.1, -0.05) is 25.0 Å². The Hall–Kier alpha value is -0.995. The molecule has 1 spiro atoms. The maximum atomic E-state index is 6.28. The van der Waals surface area contributed by atoms with Crippen LogP contribution in [0.1, 0.15) is 79.1 Å². The first-order valence-corrected chi connectivity index (χ1v) is 10.4. The summed E-state index contributed by atoms with van der Waals surface area (Å²) >= 11 is 0. The zero-order chi connectivity index (χ0) is 18.4. The lowest BCUT2D eigenvalue weighted by atomic mass is 9.72. The van der Waals surface area contributed by atoms with Crippen molar-refractivity contribution in [2.45, 2.75) is 96.4 Å². The number of hydrogen-bond acceptors (Lipinski definition) is 3. The number of rotatable bonds is 3. The van der Waals surface area contributed by atoms with E-state index < -0.39 is 0 Å². The molecule has 1 aromatic rings. The van der Waals surface area contributed by atoms with Gasteiger partial charge in [-0.25, -0.2) is 0 Å². The highest BCUT2D eigenvalue weighted by molar-refractivity contribution is 6.62. The summed E-state index contributed by atoms with van der Waals surface area (Å²) in [7, 11) is -0.300. The molecule has 0 aromatic heterocycles. The Kier molecular flexibility index (Phi) is 4.64. The molecule has 4 rings (SSSR count). The summed E-state index contributed by atoms with van der Waals surface area (Å²) < 4.78 is 18.5. The number of ether oxygens (including phenoxy) is 1. The van der Waals surface area contributed by atoms with E-state index in [-0.39, 0.29) is 18.3 Å². The minimum absolute atomic E-state index is 0.300. The Morgan fingerprint density at radius 3 is 1.92 bits per heavy atom. The molecule has 1 aliphatic heterocycles. The molecule has 1 heterocycles. The van der Waals surface area contributed by atoms with Crippen molar-refractivity contribution in [3.8, 4) is 5.75 Å². The van der Waals surface area contributed by atoms with Crippen LogP contribution in [0.4, 0.5) is 0 Å². The molecule has 1 saturated heterocycles. The Morgan fingerprint density at radius 1 is 0.846 bits per heavy atom. The Labute approximate surface area is 158 Å². The van der Waals surface area contributed by atoms with Crippen molar-refractivity contribution in [3.05, 3.63) is 24.3 Å². The van der Waals surface area contributed by atoms with Crippen molar-refractivity contribution in [3.63, 3.8) is 0 Å². The van der Waals surface area contributed by atoms with Crippen molar-refractivity contribution in [2.75, 3.05) is 0 Å². The van der Waals surface area contributed by atoms with Crippen LogP contribution in [0.15, 0.2) is 24.3 Å². The number of benzene rings is 1. The van der Waals surface area contributed by atoms with Gasteiger partial charge in [0.15, 0.2) is 0 Å². The largest absolute Gasteiger partial charge is 0.494 e. The second-order valence-corrected chi connectivity index (χ2v) is 9.68. The second-order valence-electron chi connectivity index (χ2n) is 9.68. The Morgan fingerprint density at radius 2 is 1.38 bits per heavy atom. The highest BCUT2D eigenvalue weighted by Crippen LogP contribution is 2.49. The summed E-state index contributed by atoms with van der Waals surface area (Å²) in [4.78, 5) is 0. The van der Waals surface area contributed by atoms with Crippen molar-refractivity contribution in [2.24, 2.45) is 5.41 Å². The molecule has 0 bridgehead atoms. The van der Waals surface area contributed by atoms with E-state index >= 15 is 0 Å². The Bertz CT molecular complexity index is 605. The first kappa shape index (κ1) is 18.4. The van der Waals surface area contributed by atoms with Gasteiger partial charge >= 0.3 is 7.12 Å². The van der Waals surface area contributed by atoms with Gasteiger partial charge in [-0.15, -0.1) is 0 Å². The Balaban J connectivity index is 1.34. The summed E-state index contributed by atoms with van der Waals surface area (Å²) in [5.74, 6) is 0.970. The summed E-state index contributed by atoms with van der Waals surface area (Å²) in [6.45, 7) is 8.35. The van der Waals surface area contributed by atoms with Gasteiger partial charge in [0.25, 0.3) is 0 Å². The zero-order valence-electron chi connectivity index (χ0n) is 16.8. The molecule has 0 N–H and O–H groups in total. The van der Waals surface area contributed by atoms with E-state index in [4.69, 9.17) is 14.0 Å². The maximum Gasteiger partial charge on any atom is 0.494 e. The third kappa shape index (κ3) is 3.43. The summed E-state index contributed by atoms with van der Waals surface area (Å²) in [6.07, 6.45) is 11.3. The van der Waals surface area contributed by atoms with Crippen LogP contribution >= 0.6 is 0 Å². The summed E-state index contributed by atoms with van der Waals surface area (Å²) in [5.41, 5.74) is 1.13. The molecule has 3 aliphatic rings. The maximum absolute atomic E-state index is 6.28. The van der Waals surface area contributed by atoms with Crippen molar-refractivity contribution < 1.29 is 14.0 Å². The van der Waals surface area contributed by atoms with Gasteiger partial charge in [-0.05, 0) is 89.2 Å². The molecule has 2 saturated carbocycles. The predicted octanol–water partition coefficient (Wildman–Crippen LogP) is 4.87. The fraction of sp³-hybridized carbons (Fsp3) is 0.727. The molecule has 2 aliphatic carbocycles. The molecule has 142 valence electrons. The van der Waals surface area contributed by atoms with Gasteiger partial charge < -0.3 is 14.0 Å². The van der Waals surface area contributed by atoms with Crippen molar-refractivity contribution in [1.82, 2.24) is 0 Å². The van der Waals surface area contributed by atoms with E-state index in [0.29, 0.717) is 11.5 Å². The molecule has 3 fully saturated rings. The van der Waals surface area contributed by atoms with Gasteiger partial charge in [0, 0.05) is 0 Å². The summed E-state index contributed by atoms with van der Waals surface area (Å²) in [5, 5.41) is 0. The lowest BCUT2D eigenvalue weighted by molar-refractivity contribution is 0.00578. The first-order valence-electron chi connectivity index (χ1n) is 10.4. The predicted molar refractivity (Wildman–Crippen MR) is 106 cm³/mol. The van der Waals surface area contributed by atoms with Gasteiger partial charge in [0.05, 0.1) is 17.3 Å². The zero-order valence-corrected chi connectivity index (χ0v) is 16.8. The molecule has 0 radical (unpaired) electrons. The molecular formula is C22H33BO3. The molecule has 0 atom stereocenters. The van der Waals surface area contributed by atoms with Crippen LogP contribution in [0.5, 0.6) is 5.75 Å². The topological polar surface area (TPSA) is 27.7 Å². The van der Waals surface area contributed by atoms with E-state index in [2.05, 4.69) is 52.0 Å². The highest BCUT2D eigenvalue weighted by Gasteiger charge is 2.51. The third-order valence-corrected chi connectivity index (χ3v) is 7.37. The van der Waals surface area contributed by atoms with E-state index in [1.807, 2.05) is 0 Å². The molecule has 3 nitrogen and oxygen atoms in total. The normalized spacial score (nSPS) is 27.2. The third-order valence-electron chi connectivity index (χ3n) is 7.37. The SMILES string of the molecule is CC1(C)OB(c2ccc(OC3CCC4(CCCC4)CC3)cc2)OC1(C)C. The van der Waals surface area contributed by atoms with Gasteiger partial charge in [-0.3, -0.25) is 0 Å².